The van der Waals surface area contributed by atoms with Crippen LogP contribution in [0.4, 0.5) is 5.69 Å². The number of amides is 1. The summed E-state index contributed by atoms with van der Waals surface area (Å²) >= 11 is 0. The maximum atomic E-state index is 12.2. The number of hydrogen-bond donors (Lipinski definition) is 2. The van der Waals surface area contributed by atoms with Crippen LogP contribution in [-0.4, -0.2) is 11.9 Å². The molecular weight excluding hydrogens is 224 g/mol. The Balaban J connectivity index is 2.03. The van der Waals surface area contributed by atoms with Gasteiger partial charge in [0, 0.05) is 17.3 Å². The Labute approximate surface area is 109 Å². The summed E-state index contributed by atoms with van der Waals surface area (Å²) in [6.07, 6.45) is 3.55. The van der Waals surface area contributed by atoms with Crippen LogP contribution in [0, 0.1) is 11.8 Å². The fourth-order valence-corrected chi connectivity index (χ4v) is 2.72. The summed E-state index contributed by atoms with van der Waals surface area (Å²) in [5.41, 5.74) is 6.98. The zero-order chi connectivity index (χ0) is 13.1. The fraction of sp³-hybridized carbons (Fsp3) is 0.533. The Hall–Kier alpha value is -1.51. The maximum Gasteiger partial charge on any atom is 0.251 e. The van der Waals surface area contributed by atoms with Gasteiger partial charge in [0.25, 0.3) is 5.91 Å². The van der Waals surface area contributed by atoms with Crippen molar-refractivity contribution in [2.45, 2.75) is 39.2 Å². The fourth-order valence-electron chi connectivity index (χ4n) is 2.72. The Kier molecular flexibility index (Phi) is 3.90. The largest absolute Gasteiger partial charge is 0.399 e. The Bertz CT molecular complexity index is 430. The third-order valence-electron chi connectivity index (χ3n) is 4.17. The number of carbonyl (C=O) groups is 1. The van der Waals surface area contributed by atoms with E-state index in [0.29, 0.717) is 29.1 Å². The highest BCUT2D eigenvalue weighted by Crippen LogP contribution is 2.29. The van der Waals surface area contributed by atoms with E-state index in [1.165, 1.54) is 12.8 Å². The normalized spacial score (nSPS) is 27.8. The number of carbonyl (C=O) groups excluding carboxylic acids is 1. The predicted octanol–water partition coefficient (Wildman–Crippen LogP) is 2.82. The van der Waals surface area contributed by atoms with Gasteiger partial charge in [0.2, 0.25) is 0 Å². The van der Waals surface area contributed by atoms with Crippen LogP contribution in [0.15, 0.2) is 24.3 Å². The number of nitrogens with one attached hydrogen (secondary N) is 1. The molecule has 0 saturated heterocycles. The second-order valence-corrected chi connectivity index (χ2v) is 5.47. The molecule has 1 fully saturated rings. The van der Waals surface area contributed by atoms with Crippen LogP contribution in [0.25, 0.3) is 0 Å². The maximum absolute atomic E-state index is 12.2. The molecule has 0 spiro atoms. The molecule has 0 aliphatic heterocycles. The minimum Gasteiger partial charge on any atom is -0.399 e. The lowest BCUT2D eigenvalue weighted by Crippen LogP contribution is -2.43. The minimum absolute atomic E-state index is 0.00625. The van der Waals surface area contributed by atoms with Crippen LogP contribution in [0.3, 0.4) is 0 Å². The van der Waals surface area contributed by atoms with Crippen molar-refractivity contribution in [3.63, 3.8) is 0 Å². The lowest BCUT2D eigenvalue weighted by Gasteiger charge is -2.34. The van der Waals surface area contributed by atoms with E-state index >= 15 is 0 Å². The molecule has 1 aromatic rings. The molecule has 3 unspecified atom stereocenters. The summed E-state index contributed by atoms with van der Waals surface area (Å²) in [4.78, 5) is 12.2. The minimum atomic E-state index is -0.00625. The molecular formula is C15H22N2O. The van der Waals surface area contributed by atoms with Crippen LogP contribution in [0.2, 0.25) is 0 Å². The molecule has 1 aromatic carbocycles. The topological polar surface area (TPSA) is 55.1 Å². The smallest absolute Gasteiger partial charge is 0.251 e. The van der Waals surface area contributed by atoms with Gasteiger partial charge in [-0.3, -0.25) is 4.79 Å². The van der Waals surface area contributed by atoms with Gasteiger partial charge in [0.05, 0.1) is 0 Å². The van der Waals surface area contributed by atoms with Gasteiger partial charge in [-0.15, -0.1) is 0 Å². The van der Waals surface area contributed by atoms with E-state index in [2.05, 4.69) is 19.2 Å². The quantitative estimate of drug-likeness (QED) is 0.788. The van der Waals surface area contributed by atoms with E-state index < -0.39 is 0 Å². The second-order valence-electron chi connectivity index (χ2n) is 5.47. The third kappa shape index (κ3) is 2.84. The molecule has 2 rings (SSSR count). The van der Waals surface area contributed by atoms with Crippen LogP contribution >= 0.6 is 0 Å². The molecule has 3 heteroatoms. The molecule has 0 radical (unpaired) electrons. The molecule has 3 N–H and O–H groups in total. The number of benzene rings is 1. The Morgan fingerprint density at radius 3 is 2.83 bits per heavy atom. The van der Waals surface area contributed by atoms with E-state index in [1.54, 1.807) is 12.1 Å². The van der Waals surface area contributed by atoms with Crippen molar-refractivity contribution >= 4 is 11.6 Å². The van der Waals surface area contributed by atoms with Crippen molar-refractivity contribution < 1.29 is 4.79 Å². The number of nitrogens with two attached hydrogens (primary N) is 1. The summed E-state index contributed by atoms with van der Waals surface area (Å²) < 4.78 is 0. The van der Waals surface area contributed by atoms with Crippen molar-refractivity contribution in [2.75, 3.05) is 5.73 Å². The molecule has 0 heterocycles. The molecule has 3 nitrogen and oxygen atoms in total. The highest BCUT2D eigenvalue weighted by Gasteiger charge is 2.28. The lowest BCUT2D eigenvalue weighted by molar-refractivity contribution is 0.0891. The zero-order valence-corrected chi connectivity index (χ0v) is 11.1. The number of anilines is 1. The zero-order valence-electron chi connectivity index (χ0n) is 11.1. The summed E-state index contributed by atoms with van der Waals surface area (Å²) in [6, 6.07) is 7.44. The van der Waals surface area contributed by atoms with Crippen molar-refractivity contribution in [3.05, 3.63) is 29.8 Å². The van der Waals surface area contributed by atoms with E-state index in [4.69, 9.17) is 5.73 Å². The lowest BCUT2D eigenvalue weighted by atomic mass is 9.78. The van der Waals surface area contributed by atoms with Gasteiger partial charge in [-0.25, -0.2) is 0 Å². The first-order chi connectivity index (χ1) is 8.58. The van der Waals surface area contributed by atoms with Gasteiger partial charge in [0.15, 0.2) is 0 Å². The molecule has 1 amide bonds. The van der Waals surface area contributed by atoms with E-state index in [9.17, 15) is 4.79 Å². The first kappa shape index (κ1) is 12.9. The van der Waals surface area contributed by atoms with Crippen LogP contribution in [-0.2, 0) is 0 Å². The average molecular weight is 246 g/mol. The number of nitrogen functional groups attached to an aromatic ring is 1. The van der Waals surface area contributed by atoms with Gasteiger partial charge in [-0.2, -0.15) is 0 Å². The summed E-state index contributed by atoms with van der Waals surface area (Å²) in [5.74, 6) is 1.22. The summed E-state index contributed by atoms with van der Waals surface area (Å²) in [7, 11) is 0. The highest BCUT2D eigenvalue weighted by atomic mass is 16.1. The second kappa shape index (κ2) is 5.42. The monoisotopic (exact) mass is 246 g/mol. The molecule has 0 bridgehead atoms. The van der Waals surface area contributed by atoms with Crippen LogP contribution < -0.4 is 11.1 Å². The van der Waals surface area contributed by atoms with Gasteiger partial charge in [-0.05, 0) is 36.5 Å². The van der Waals surface area contributed by atoms with E-state index in [-0.39, 0.29) is 5.91 Å². The standard InChI is InChI=1S/C15H22N2O/c1-10-5-3-8-14(11(10)2)17-15(18)12-6-4-7-13(16)9-12/h4,6-7,9-11,14H,3,5,8,16H2,1-2H3,(H,17,18). The highest BCUT2D eigenvalue weighted by molar-refractivity contribution is 5.95. The molecule has 98 valence electrons. The van der Waals surface area contributed by atoms with Gasteiger partial charge in [-0.1, -0.05) is 32.8 Å². The van der Waals surface area contributed by atoms with Crippen molar-refractivity contribution in [2.24, 2.45) is 11.8 Å². The predicted molar refractivity (Wildman–Crippen MR) is 74.3 cm³/mol. The average Bonchev–Trinajstić information content (AvgIpc) is 2.35. The number of hydrogen-bond acceptors (Lipinski definition) is 2. The molecule has 18 heavy (non-hydrogen) atoms. The molecule has 3 atom stereocenters. The first-order valence-electron chi connectivity index (χ1n) is 6.74. The van der Waals surface area contributed by atoms with E-state index in [1.807, 2.05) is 12.1 Å². The van der Waals surface area contributed by atoms with Crippen molar-refractivity contribution in [3.8, 4) is 0 Å². The Morgan fingerprint density at radius 2 is 2.11 bits per heavy atom. The van der Waals surface area contributed by atoms with Crippen molar-refractivity contribution in [1.82, 2.24) is 5.32 Å². The van der Waals surface area contributed by atoms with Crippen LogP contribution in [0.1, 0.15) is 43.5 Å². The molecule has 0 aromatic heterocycles. The van der Waals surface area contributed by atoms with Crippen molar-refractivity contribution in [1.29, 1.82) is 0 Å². The first-order valence-corrected chi connectivity index (χ1v) is 6.74. The SMILES string of the molecule is CC1CCCC(NC(=O)c2cccc(N)c2)C1C. The molecule has 1 aliphatic rings. The molecule has 1 saturated carbocycles. The third-order valence-corrected chi connectivity index (χ3v) is 4.17. The molecule has 1 aliphatic carbocycles. The Morgan fingerprint density at radius 1 is 1.33 bits per heavy atom. The number of rotatable bonds is 2. The van der Waals surface area contributed by atoms with Gasteiger partial charge < -0.3 is 11.1 Å². The van der Waals surface area contributed by atoms with E-state index in [0.717, 1.165) is 6.42 Å². The van der Waals surface area contributed by atoms with Gasteiger partial charge >= 0.3 is 0 Å². The summed E-state index contributed by atoms with van der Waals surface area (Å²) in [6.45, 7) is 4.50. The van der Waals surface area contributed by atoms with Crippen LogP contribution in [0.5, 0.6) is 0 Å². The summed E-state index contributed by atoms with van der Waals surface area (Å²) in [5, 5.41) is 3.15. The van der Waals surface area contributed by atoms with Gasteiger partial charge in [0.1, 0.15) is 0 Å².